The average molecular weight is 202 g/mol. The van der Waals surface area contributed by atoms with E-state index in [1.807, 2.05) is 37.4 Å². The Morgan fingerprint density at radius 1 is 1.40 bits per heavy atom. The van der Waals surface area contributed by atoms with Gasteiger partial charge in [-0.2, -0.15) is 0 Å². The fourth-order valence-electron chi connectivity index (χ4n) is 1.61. The van der Waals surface area contributed by atoms with Crippen LogP contribution in [0.4, 0.5) is 0 Å². The van der Waals surface area contributed by atoms with Gasteiger partial charge in [0.1, 0.15) is 0 Å². The molecule has 1 aromatic carbocycles. The van der Waals surface area contributed by atoms with Gasteiger partial charge in [-0.25, -0.2) is 0 Å². The molecule has 78 valence electrons. The Bertz CT molecular complexity index is 473. The molecule has 2 rings (SSSR count). The van der Waals surface area contributed by atoms with E-state index in [4.69, 9.17) is 0 Å². The molecule has 2 aromatic rings. The van der Waals surface area contributed by atoms with Crippen LogP contribution in [0.5, 0.6) is 0 Å². The van der Waals surface area contributed by atoms with Gasteiger partial charge in [0.2, 0.25) is 0 Å². The summed E-state index contributed by atoms with van der Waals surface area (Å²) < 4.78 is 0. The SMILES string of the molecule is CCCNC(=O)c1cccc2cc[nH]c12. The van der Waals surface area contributed by atoms with Crippen molar-refractivity contribution in [2.75, 3.05) is 6.54 Å². The molecule has 0 radical (unpaired) electrons. The summed E-state index contributed by atoms with van der Waals surface area (Å²) in [5.41, 5.74) is 1.62. The highest BCUT2D eigenvalue weighted by atomic mass is 16.1. The number of nitrogens with one attached hydrogen (secondary N) is 2. The molecule has 0 unspecified atom stereocenters. The molecular formula is C12H14N2O. The summed E-state index contributed by atoms with van der Waals surface area (Å²) in [7, 11) is 0. The minimum Gasteiger partial charge on any atom is -0.361 e. The van der Waals surface area contributed by atoms with E-state index in [0.29, 0.717) is 5.56 Å². The first-order chi connectivity index (χ1) is 7.33. The molecule has 0 saturated heterocycles. The Labute approximate surface area is 88.5 Å². The lowest BCUT2D eigenvalue weighted by Gasteiger charge is -2.04. The number of para-hydroxylation sites is 1. The number of fused-ring (bicyclic) bond motifs is 1. The number of carbonyl (C=O) groups excluding carboxylic acids is 1. The Balaban J connectivity index is 2.34. The molecule has 0 atom stereocenters. The fourth-order valence-corrected chi connectivity index (χ4v) is 1.61. The molecule has 0 aliphatic carbocycles. The monoisotopic (exact) mass is 202 g/mol. The third-order valence-electron chi connectivity index (χ3n) is 2.37. The lowest BCUT2D eigenvalue weighted by Crippen LogP contribution is -2.24. The first-order valence-electron chi connectivity index (χ1n) is 5.17. The summed E-state index contributed by atoms with van der Waals surface area (Å²) >= 11 is 0. The van der Waals surface area contributed by atoms with Crippen LogP contribution >= 0.6 is 0 Å². The largest absolute Gasteiger partial charge is 0.361 e. The van der Waals surface area contributed by atoms with Gasteiger partial charge < -0.3 is 10.3 Å². The van der Waals surface area contributed by atoms with Crippen LogP contribution in [0.15, 0.2) is 30.5 Å². The predicted molar refractivity (Wildman–Crippen MR) is 60.9 cm³/mol. The van der Waals surface area contributed by atoms with E-state index in [2.05, 4.69) is 10.3 Å². The number of aromatic amines is 1. The van der Waals surface area contributed by atoms with Crippen molar-refractivity contribution in [3.05, 3.63) is 36.0 Å². The van der Waals surface area contributed by atoms with Crippen molar-refractivity contribution in [3.8, 4) is 0 Å². The highest BCUT2D eigenvalue weighted by Gasteiger charge is 2.08. The van der Waals surface area contributed by atoms with Crippen LogP contribution < -0.4 is 5.32 Å². The van der Waals surface area contributed by atoms with Crippen LogP contribution in [0.1, 0.15) is 23.7 Å². The Morgan fingerprint density at radius 3 is 3.07 bits per heavy atom. The van der Waals surface area contributed by atoms with E-state index in [1.54, 1.807) is 0 Å². The van der Waals surface area contributed by atoms with Gasteiger partial charge >= 0.3 is 0 Å². The third kappa shape index (κ3) is 1.86. The second-order valence-corrected chi connectivity index (χ2v) is 3.50. The number of hydrogen-bond acceptors (Lipinski definition) is 1. The molecule has 0 aliphatic heterocycles. The highest BCUT2D eigenvalue weighted by Crippen LogP contribution is 2.16. The van der Waals surface area contributed by atoms with Gasteiger partial charge in [-0.15, -0.1) is 0 Å². The third-order valence-corrected chi connectivity index (χ3v) is 2.37. The summed E-state index contributed by atoms with van der Waals surface area (Å²) in [5.74, 6) is -0.00935. The molecule has 3 nitrogen and oxygen atoms in total. The van der Waals surface area contributed by atoms with Crippen molar-refractivity contribution in [2.24, 2.45) is 0 Å². The summed E-state index contributed by atoms with van der Waals surface area (Å²) in [4.78, 5) is 14.9. The maximum Gasteiger partial charge on any atom is 0.253 e. The Morgan fingerprint density at radius 2 is 2.27 bits per heavy atom. The van der Waals surface area contributed by atoms with E-state index in [1.165, 1.54) is 0 Å². The summed E-state index contributed by atoms with van der Waals surface area (Å²) in [6.07, 6.45) is 2.80. The number of carbonyl (C=O) groups is 1. The van der Waals surface area contributed by atoms with Crippen LogP contribution in [-0.4, -0.2) is 17.4 Å². The number of rotatable bonds is 3. The summed E-state index contributed by atoms with van der Waals surface area (Å²) in [6.45, 7) is 2.76. The summed E-state index contributed by atoms with van der Waals surface area (Å²) in [5, 5.41) is 3.94. The second-order valence-electron chi connectivity index (χ2n) is 3.50. The zero-order valence-electron chi connectivity index (χ0n) is 8.71. The molecule has 3 heteroatoms. The molecular weight excluding hydrogens is 188 g/mol. The first-order valence-corrected chi connectivity index (χ1v) is 5.17. The van der Waals surface area contributed by atoms with Crippen molar-refractivity contribution in [1.29, 1.82) is 0 Å². The standard InChI is InChI=1S/C12H14N2O/c1-2-7-14-12(15)10-5-3-4-9-6-8-13-11(9)10/h3-6,8,13H,2,7H2,1H3,(H,14,15). The van der Waals surface area contributed by atoms with Crippen molar-refractivity contribution in [1.82, 2.24) is 10.3 Å². The maximum absolute atomic E-state index is 11.8. The molecule has 0 aliphatic rings. The van der Waals surface area contributed by atoms with Crippen LogP contribution in [0.25, 0.3) is 10.9 Å². The van der Waals surface area contributed by atoms with E-state index < -0.39 is 0 Å². The quantitative estimate of drug-likeness (QED) is 0.788. The summed E-state index contributed by atoms with van der Waals surface area (Å²) in [6, 6.07) is 7.69. The van der Waals surface area contributed by atoms with Crippen molar-refractivity contribution in [3.63, 3.8) is 0 Å². The number of amides is 1. The molecule has 0 bridgehead atoms. The molecule has 1 heterocycles. The van der Waals surface area contributed by atoms with E-state index in [9.17, 15) is 4.79 Å². The smallest absolute Gasteiger partial charge is 0.253 e. The van der Waals surface area contributed by atoms with E-state index in [-0.39, 0.29) is 5.91 Å². The van der Waals surface area contributed by atoms with Crippen LogP contribution in [0.2, 0.25) is 0 Å². The predicted octanol–water partition coefficient (Wildman–Crippen LogP) is 2.31. The minimum atomic E-state index is -0.00935. The van der Waals surface area contributed by atoms with Crippen molar-refractivity contribution >= 4 is 16.8 Å². The van der Waals surface area contributed by atoms with E-state index in [0.717, 1.165) is 23.9 Å². The average Bonchev–Trinajstić information content (AvgIpc) is 2.73. The molecule has 1 aromatic heterocycles. The highest BCUT2D eigenvalue weighted by molar-refractivity contribution is 6.05. The zero-order chi connectivity index (χ0) is 10.7. The zero-order valence-corrected chi connectivity index (χ0v) is 8.71. The van der Waals surface area contributed by atoms with Gasteiger partial charge in [0, 0.05) is 18.1 Å². The van der Waals surface area contributed by atoms with Crippen molar-refractivity contribution in [2.45, 2.75) is 13.3 Å². The number of hydrogen-bond donors (Lipinski definition) is 2. The lowest BCUT2D eigenvalue weighted by atomic mass is 10.1. The normalized spacial score (nSPS) is 10.5. The first kappa shape index (κ1) is 9.77. The van der Waals surface area contributed by atoms with Crippen LogP contribution in [-0.2, 0) is 0 Å². The number of benzene rings is 1. The number of H-pyrrole nitrogens is 1. The van der Waals surface area contributed by atoms with Gasteiger partial charge in [-0.1, -0.05) is 19.1 Å². The van der Waals surface area contributed by atoms with Crippen LogP contribution in [0.3, 0.4) is 0 Å². The van der Waals surface area contributed by atoms with Gasteiger partial charge in [0.15, 0.2) is 0 Å². The molecule has 15 heavy (non-hydrogen) atoms. The van der Waals surface area contributed by atoms with Crippen molar-refractivity contribution < 1.29 is 4.79 Å². The molecule has 2 N–H and O–H groups in total. The number of aromatic nitrogens is 1. The topological polar surface area (TPSA) is 44.9 Å². The van der Waals surface area contributed by atoms with Gasteiger partial charge in [0.25, 0.3) is 5.91 Å². The Kier molecular flexibility index (Phi) is 2.72. The van der Waals surface area contributed by atoms with Crippen LogP contribution in [0, 0.1) is 0 Å². The van der Waals surface area contributed by atoms with Gasteiger partial charge in [-0.05, 0) is 18.6 Å². The molecule has 1 amide bonds. The lowest BCUT2D eigenvalue weighted by molar-refractivity contribution is 0.0955. The molecule has 0 spiro atoms. The second kappa shape index (κ2) is 4.17. The minimum absolute atomic E-state index is 0.00935. The van der Waals surface area contributed by atoms with Gasteiger partial charge in [0.05, 0.1) is 11.1 Å². The van der Waals surface area contributed by atoms with Gasteiger partial charge in [-0.3, -0.25) is 4.79 Å². The maximum atomic E-state index is 11.8. The molecule has 0 fully saturated rings. The Hall–Kier alpha value is -1.77. The van der Waals surface area contributed by atoms with E-state index >= 15 is 0 Å². The molecule has 0 saturated carbocycles. The fraction of sp³-hybridized carbons (Fsp3) is 0.250.